The molecule has 0 aliphatic rings. The Balaban J connectivity index is 1.86. The van der Waals surface area contributed by atoms with Crippen LogP contribution in [0.15, 0.2) is 52.0 Å². The first-order chi connectivity index (χ1) is 10.6. The Morgan fingerprint density at radius 2 is 2.14 bits per heavy atom. The predicted octanol–water partition coefficient (Wildman–Crippen LogP) is 0.949. The normalized spacial score (nSPS) is 11.7. The van der Waals surface area contributed by atoms with Crippen molar-refractivity contribution < 1.29 is 12.8 Å². The van der Waals surface area contributed by atoms with Crippen LogP contribution in [0.3, 0.4) is 0 Å². The zero-order chi connectivity index (χ0) is 15.6. The molecular weight excluding hydrogens is 306 g/mol. The molecule has 0 aliphatic heterocycles. The highest BCUT2D eigenvalue weighted by Crippen LogP contribution is 2.19. The van der Waals surface area contributed by atoms with E-state index < -0.39 is 10.0 Å². The molecule has 0 unspecified atom stereocenters. The highest BCUT2D eigenvalue weighted by Gasteiger charge is 2.16. The first-order valence-corrected chi connectivity index (χ1v) is 7.89. The molecule has 2 aromatic heterocycles. The van der Waals surface area contributed by atoms with Crippen LogP contribution >= 0.6 is 0 Å². The molecule has 0 spiro atoms. The van der Waals surface area contributed by atoms with E-state index in [1.807, 2.05) is 0 Å². The molecule has 3 rings (SSSR count). The number of rotatable bonds is 5. The van der Waals surface area contributed by atoms with Crippen molar-refractivity contribution in [2.24, 2.45) is 7.05 Å². The fourth-order valence-electron chi connectivity index (χ4n) is 1.94. The van der Waals surface area contributed by atoms with E-state index in [4.69, 9.17) is 4.42 Å². The van der Waals surface area contributed by atoms with Gasteiger partial charge in [-0.25, -0.2) is 17.8 Å². The fraction of sp³-hybridized carbons (Fsp3) is 0.154. The quantitative estimate of drug-likeness (QED) is 0.751. The van der Waals surface area contributed by atoms with Gasteiger partial charge in [-0.05, 0) is 34.7 Å². The zero-order valence-electron chi connectivity index (χ0n) is 11.7. The van der Waals surface area contributed by atoms with E-state index in [1.54, 1.807) is 31.3 Å². The van der Waals surface area contributed by atoms with Crippen molar-refractivity contribution in [1.29, 1.82) is 0 Å². The van der Waals surface area contributed by atoms with Crippen LogP contribution in [0.1, 0.15) is 5.76 Å². The molecule has 0 saturated carbocycles. The number of aromatic nitrogens is 4. The van der Waals surface area contributed by atoms with E-state index in [-0.39, 0.29) is 11.4 Å². The molecule has 1 N–H and O–H groups in total. The van der Waals surface area contributed by atoms with Crippen molar-refractivity contribution in [3.63, 3.8) is 0 Å². The Bertz CT molecular complexity index is 871. The topological polar surface area (TPSA) is 103 Å². The summed E-state index contributed by atoms with van der Waals surface area (Å²) < 4.78 is 33.7. The summed E-state index contributed by atoms with van der Waals surface area (Å²) in [4.78, 5) is 0.138. The molecule has 8 nitrogen and oxygen atoms in total. The maximum absolute atomic E-state index is 12.3. The van der Waals surface area contributed by atoms with Gasteiger partial charge in [0.25, 0.3) is 0 Å². The average Bonchev–Trinajstić information content (AvgIpc) is 3.17. The number of nitrogens with one attached hydrogen (secondary N) is 1. The molecule has 1 aromatic carbocycles. The summed E-state index contributed by atoms with van der Waals surface area (Å²) >= 11 is 0. The summed E-state index contributed by atoms with van der Waals surface area (Å²) in [6.45, 7) is 0.0884. The molecular formula is C13H13N5O3S. The summed E-state index contributed by atoms with van der Waals surface area (Å²) in [5.41, 5.74) is 0.619. The molecule has 0 radical (unpaired) electrons. The van der Waals surface area contributed by atoms with Crippen molar-refractivity contribution in [1.82, 2.24) is 24.9 Å². The number of aryl methyl sites for hydroxylation is 1. The Kier molecular flexibility index (Phi) is 3.73. The minimum Gasteiger partial charge on any atom is -0.468 e. The summed E-state index contributed by atoms with van der Waals surface area (Å²) in [5, 5.41) is 11.1. The van der Waals surface area contributed by atoms with Crippen molar-refractivity contribution >= 4 is 10.0 Å². The van der Waals surface area contributed by atoms with E-state index in [0.29, 0.717) is 17.1 Å². The van der Waals surface area contributed by atoms with Gasteiger partial charge in [-0.15, -0.1) is 5.10 Å². The van der Waals surface area contributed by atoms with Crippen LogP contribution in [-0.4, -0.2) is 28.6 Å². The van der Waals surface area contributed by atoms with Gasteiger partial charge in [0.15, 0.2) is 5.82 Å². The fourth-order valence-corrected chi connectivity index (χ4v) is 2.98. The van der Waals surface area contributed by atoms with Crippen LogP contribution in [-0.2, 0) is 23.6 Å². The van der Waals surface area contributed by atoms with E-state index in [1.165, 1.54) is 23.1 Å². The number of tetrazole rings is 1. The number of hydrogen-bond acceptors (Lipinski definition) is 6. The molecule has 2 heterocycles. The van der Waals surface area contributed by atoms with Crippen LogP contribution in [0.25, 0.3) is 11.4 Å². The summed E-state index contributed by atoms with van der Waals surface area (Å²) in [6, 6.07) is 9.83. The SMILES string of the molecule is Cn1nnnc1-c1cccc(S(=O)(=O)NCc2ccco2)c1. The van der Waals surface area contributed by atoms with Gasteiger partial charge in [0.2, 0.25) is 10.0 Å². The minimum absolute atomic E-state index is 0.0884. The third-order valence-electron chi connectivity index (χ3n) is 3.04. The van der Waals surface area contributed by atoms with Crippen LogP contribution in [0.4, 0.5) is 0 Å². The van der Waals surface area contributed by atoms with Gasteiger partial charge in [-0.3, -0.25) is 0 Å². The molecule has 0 saturated heterocycles. The molecule has 0 amide bonds. The monoisotopic (exact) mass is 319 g/mol. The zero-order valence-corrected chi connectivity index (χ0v) is 12.5. The van der Waals surface area contributed by atoms with Gasteiger partial charge in [0.05, 0.1) is 17.7 Å². The molecule has 0 aliphatic carbocycles. The van der Waals surface area contributed by atoms with Gasteiger partial charge in [-0.2, -0.15) is 0 Å². The lowest BCUT2D eigenvalue weighted by atomic mass is 10.2. The maximum atomic E-state index is 12.3. The van der Waals surface area contributed by atoms with Crippen LogP contribution in [0.5, 0.6) is 0 Å². The van der Waals surface area contributed by atoms with E-state index in [2.05, 4.69) is 20.2 Å². The average molecular weight is 319 g/mol. The Morgan fingerprint density at radius 3 is 2.82 bits per heavy atom. The standard InChI is InChI=1S/C13H13N5O3S/c1-18-13(15-16-17-18)10-4-2-6-12(8-10)22(19,20)14-9-11-5-3-7-21-11/h2-8,14H,9H2,1H3. The summed E-state index contributed by atoms with van der Waals surface area (Å²) in [5.74, 6) is 1.03. The summed E-state index contributed by atoms with van der Waals surface area (Å²) in [6.07, 6.45) is 1.49. The van der Waals surface area contributed by atoms with E-state index in [0.717, 1.165) is 0 Å². The number of furan rings is 1. The molecule has 9 heteroatoms. The second-order valence-electron chi connectivity index (χ2n) is 4.56. The van der Waals surface area contributed by atoms with Crippen molar-refractivity contribution in [3.8, 4) is 11.4 Å². The molecule has 0 atom stereocenters. The Hall–Kier alpha value is -2.52. The highest BCUT2D eigenvalue weighted by atomic mass is 32.2. The van der Waals surface area contributed by atoms with Crippen molar-refractivity contribution in [2.45, 2.75) is 11.4 Å². The Labute approximate surface area is 126 Å². The lowest BCUT2D eigenvalue weighted by Crippen LogP contribution is -2.23. The van der Waals surface area contributed by atoms with Gasteiger partial charge in [-0.1, -0.05) is 12.1 Å². The molecule has 22 heavy (non-hydrogen) atoms. The van der Waals surface area contributed by atoms with Gasteiger partial charge < -0.3 is 4.42 Å². The lowest BCUT2D eigenvalue weighted by Gasteiger charge is -2.07. The first-order valence-electron chi connectivity index (χ1n) is 6.41. The van der Waals surface area contributed by atoms with Gasteiger partial charge in [0.1, 0.15) is 5.76 Å². The van der Waals surface area contributed by atoms with E-state index >= 15 is 0 Å². The Morgan fingerprint density at radius 1 is 1.27 bits per heavy atom. The summed E-state index contributed by atoms with van der Waals surface area (Å²) in [7, 11) is -1.96. The smallest absolute Gasteiger partial charge is 0.240 e. The predicted molar refractivity (Wildman–Crippen MR) is 77.0 cm³/mol. The molecule has 0 fully saturated rings. The molecule has 3 aromatic rings. The van der Waals surface area contributed by atoms with Crippen LogP contribution in [0.2, 0.25) is 0 Å². The second kappa shape index (κ2) is 5.70. The van der Waals surface area contributed by atoms with E-state index in [9.17, 15) is 8.42 Å². The van der Waals surface area contributed by atoms with Crippen LogP contribution < -0.4 is 4.72 Å². The second-order valence-corrected chi connectivity index (χ2v) is 6.32. The third-order valence-corrected chi connectivity index (χ3v) is 4.44. The largest absolute Gasteiger partial charge is 0.468 e. The number of hydrogen-bond donors (Lipinski definition) is 1. The number of benzene rings is 1. The number of nitrogens with zero attached hydrogens (tertiary/aromatic N) is 4. The number of sulfonamides is 1. The lowest BCUT2D eigenvalue weighted by molar-refractivity contribution is 0.498. The van der Waals surface area contributed by atoms with Gasteiger partial charge >= 0.3 is 0 Å². The first kappa shape index (κ1) is 14.4. The maximum Gasteiger partial charge on any atom is 0.240 e. The van der Waals surface area contributed by atoms with Crippen molar-refractivity contribution in [3.05, 3.63) is 48.4 Å². The van der Waals surface area contributed by atoms with Crippen LogP contribution in [0, 0.1) is 0 Å². The highest BCUT2D eigenvalue weighted by molar-refractivity contribution is 7.89. The minimum atomic E-state index is -3.65. The third kappa shape index (κ3) is 2.90. The molecule has 114 valence electrons. The van der Waals surface area contributed by atoms with Crippen molar-refractivity contribution in [2.75, 3.05) is 0 Å². The molecule has 0 bridgehead atoms. The van der Waals surface area contributed by atoms with Gasteiger partial charge in [0, 0.05) is 12.6 Å².